The highest BCUT2D eigenvalue weighted by Crippen LogP contribution is 2.36. The normalized spacial score (nSPS) is 11.9. The molecule has 0 spiro atoms. The van der Waals surface area contributed by atoms with Gasteiger partial charge in [0, 0.05) is 16.3 Å². The van der Waals surface area contributed by atoms with Crippen LogP contribution in [0.15, 0.2) is 42.5 Å². The minimum Gasteiger partial charge on any atom is -0.321 e. The molecule has 1 amide bonds. The second kappa shape index (κ2) is 6.93. The molecule has 2 aromatic carbocycles. The van der Waals surface area contributed by atoms with Crippen molar-refractivity contribution in [1.82, 2.24) is 0 Å². The summed E-state index contributed by atoms with van der Waals surface area (Å²) in [6.45, 7) is 0. The van der Waals surface area contributed by atoms with E-state index in [4.69, 9.17) is 11.6 Å². The maximum atomic E-state index is 13.0. The van der Waals surface area contributed by atoms with E-state index in [2.05, 4.69) is 10.0 Å². The van der Waals surface area contributed by atoms with Crippen molar-refractivity contribution in [1.29, 1.82) is 0 Å². The Morgan fingerprint density at radius 2 is 1.80 bits per heavy atom. The Morgan fingerprint density at radius 1 is 1.12 bits per heavy atom. The number of halogens is 4. The van der Waals surface area contributed by atoms with Crippen LogP contribution in [0.1, 0.15) is 15.9 Å². The standard InChI is InChI=1S/C15H12ClF3N2O3S/c1-25(23,24)21-11-4-2-3-9(7-11)14(22)20-13-6-5-10(16)8-12(13)15(17,18)19/h2-8,21H,1H3,(H,20,22). The van der Waals surface area contributed by atoms with Gasteiger partial charge in [-0.3, -0.25) is 9.52 Å². The molecular weight excluding hydrogens is 381 g/mol. The topological polar surface area (TPSA) is 75.3 Å². The summed E-state index contributed by atoms with van der Waals surface area (Å²) < 4.78 is 63.7. The number of anilines is 2. The number of hydrogen-bond donors (Lipinski definition) is 2. The summed E-state index contributed by atoms with van der Waals surface area (Å²) in [7, 11) is -3.55. The first-order valence-corrected chi connectivity index (χ1v) is 8.98. The lowest BCUT2D eigenvalue weighted by atomic mass is 10.1. The van der Waals surface area contributed by atoms with Gasteiger partial charge in [0.05, 0.1) is 17.5 Å². The summed E-state index contributed by atoms with van der Waals surface area (Å²) in [5, 5.41) is 2.04. The molecule has 0 heterocycles. The Labute approximate surface area is 146 Å². The van der Waals surface area contributed by atoms with Crippen LogP contribution < -0.4 is 10.0 Å². The maximum Gasteiger partial charge on any atom is 0.418 e. The Bertz CT molecular complexity index is 914. The fourth-order valence-electron chi connectivity index (χ4n) is 1.99. The largest absolute Gasteiger partial charge is 0.418 e. The van der Waals surface area contributed by atoms with E-state index >= 15 is 0 Å². The van der Waals surface area contributed by atoms with Gasteiger partial charge in [0.2, 0.25) is 10.0 Å². The van der Waals surface area contributed by atoms with Crippen LogP contribution in [0, 0.1) is 0 Å². The van der Waals surface area contributed by atoms with Gasteiger partial charge in [0.25, 0.3) is 5.91 Å². The molecule has 0 bridgehead atoms. The molecule has 0 radical (unpaired) electrons. The van der Waals surface area contributed by atoms with Gasteiger partial charge in [-0.15, -0.1) is 0 Å². The molecule has 134 valence electrons. The van der Waals surface area contributed by atoms with E-state index in [1.807, 2.05) is 0 Å². The van der Waals surface area contributed by atoms with Crippen molar-refractivity contribution in [3.05, 3.63) is 58.6 Å². The van der Waals surface area contributed by atoms with Gasteiger partial charge in [-0.05, 0) is 36.4 Å². The van der Waals surface area contributed by atoms with E-state index in [1.54, 1.807) is 0 Å². The van der Waals surface area contributed by atoms with Gasteiger partial charge >= 0.3 is 6.18 Å². The average Bonchev–Trinajstić information content (AvgIpc) is 2.46. The fraction of sp³-hybridized carbons (Fsp3) is 0.133. The van der Waals surface area contributed by atoms with Crippen molar-refractivity contribution in [3.63, 3.8) is 0 Å². The summed E-state index contributed by atoms with van der Waals surface area (Å²) in [4.78, 5) is 12.2. The zero-order valence-corrected chi connectivity index (χ0v) is 14.3. The number of sulfonamides is 1. The van der Waals surface area contributed by atoms with E-state index in [0.717, 1.165) is 12.3 Å². The number of carbonyl (C=O) groups is 1. The molecule has 25 heavy (non-hydrogen) atoms. The molecule has 5 nitrogen and oxygen atoms in total. The third-order valence-electron chi connectivity index (χ3n) is 2.96. The molecule has 0 aliphatic carbocycles. The SMILES string of the molecule is CS(=O)(=O)Nc1cccc(C(=O)Nc2ccc(Cl)cc2C(F)(F)F)c1. The molecule has 0 saturated heterocycles. The molecule has 0 atom stereocenters. The number of alkyl halides is 3. The monoisotopic (exact) mass is 392 g/mol. The smallest absolute Gasteiger partial charge is 0.321 e. The van der Waals surface area contributed by atoms with Crippen molar-refractivity contribution in [2.75, 3.05) is 16.3 Å². The second-order valence-corrected chi connectivity index (χ2v) is 7.28. The van der Waals surface area contributed by atoms with Crippen LogP contribution in [-0.2, 0) is 16.2 Å². The zero-order chi connectivity index (χ0) is 18.8. The molecule has 0 fully saturated rings. The van der Waals surface area contributed by atoms with Crippen LogP contribution >= 0.6 is 11.6 Å². The molecule has 0 aliphatic heterocycles. The quantitative estimate of drug-likeness (QED) is 0.826. The predicted octanol–water partition coefficient (Wildman–Crippen LogP) is 3.98. The van der Waals surface area contributed by atoms with Crippen molar-refractivity contribution in [2.45, 2.75) is 6.18 Å². The van der Waals surface area contributed by atoms with Crippen LogP contribution in [0.4, 0.5) is 24.5 Å². The van der Waals surface area contributed by atoms with Crippen molar-refractivity contribution in [3.8, 4) is 0 Å². The molecule has 10 heteroatoms. The Hall–Kier alpha value is -2.26. The van der Waals surface area contributed by atoms with E-state index in [-0.39, 0.29) is 16.3 Å². The van der Waals surface area contributed by atoms with Crippen LogP contribution in [0.25, 0.3) is 0 Å². The molecule has 0 unspecified atom stereocenters. The number of rotatable bonds is 4. The first-order chi connectivity index (χ1) is 11.5. The van der Waals surface area contributed by atoms with Gasteiger partial charge in [-0.25, -0.2) is 8.42 Å². The van der Waals surface area contributed by atoms with Crippen LogP contribution in [-0.4, -0.2) is 20.6 Å². The number of nitrogens with one attached hydrogen (secondary N) is 2. The molecule has 0 aliphatic rings. The first-order valence-electron chi connectivity index (χ1n) is 6.72. The zero-order valence-electron chi connectivity index (χ0n) is 12.7. The third kappa shape index (κ3) is 5.36. The number of benzene rings is 2. The lowest BCUT2D eigenvalue weighted by Crippen LogP contribution is -2.17. The van der Waals surface area contributed by atoms with E-state index in [0.29, 0.717) is 6.07 Å². The van der Waals surface area contributed by atoms with Gasteiger partial charge in [0.1, 0.15) is 0 Å². The van der Waals surface area contributed by atoms with Crippen molar-refractivity contribution < 1.29 is 26.4 Å². The molecule has 0 aromatic heterocycles. The summed E-state index contributed by atoms with van der Waals surface area (Å²) in [5.41, 5.74) is -1.44. The lowest BCUT2D eigenvalue weighted by Gasteiger charge is -2.14. The van der Waals surface area contributed by atoms with Crippen LogP contribution in [0.3, 0.4) is 0 Å². The van der Waals surface area contributed by atoms with Gasteiger partial charge in [-0.1, -0.05) is 17.7 Å². The van der Waals surface area contributed by atoms with Crippen LogP contribution in [0.5, 0.6) is 0 Å². The highest BCUT2D eigenvalue weighted by Gasteiger charge is 2.34. The Kier molecular flexibility index (Phi) is 5.28. The summed E-state index contributed by atoms with van der Waals surface area (Å²) in [6.07, 6.45) is -3.77. The molecule has 2 rings (SSSR count). The number of amides is 1. The van der Waals surface area contributed by atoms with Crippen molar-refractivity contribution in [2.24, 2.45) is 0 Å². The maximum absolute atomic E-state index is 13.0. The van der Waals surface area contributed by atoms with E-state index < -0.39 is 33.4 Å². The van der Waals surface area contributed by atoms with Gasteiger partial charge < -0.3 is 5.32 Å². The fourth-order valence-corrected chi connectivity index (χ4v) is 2.72. The minimum absolute atomic E-state index is 0.0169. The first kappa shape index (κ1) is 19.1. The van der Waals surface area contributed by atoms with Gasteiger partial charge in [-0.2, -0.15) is 13.2 Å². The predicted molar refractivity (Wildman–Crippen MR) is 89.3 cm³/mol. The summed E-state index contributed by atoms with van der Waals surface area (Å²) in [5.74, 6) is -0.829. The van der Waals surface area contributed by atoms with E-state index in [9.17, 15) is 26.4 Å². The molecular formula is C15H12ClF3N2O3S. The number of carbonyl (C=O) groups excluding carboxylic acids is 1. The number of hydrogen-bond acceptors (Lipinski definition) is 3. The molecule has 2 aromatic rings. The Morgan fingerprint density at radius 3 is 2.40 bits per heavy atom. The van der Waals surface area contributed by atoms with Crippen molar-refractivity contribution >= 4 is 38.9 Å². The lowest BCUT2D eigenvalue weighted by molar-refractivity contribution is -0.136. The minimum atomic E-state index is -4.70. The summed E-state index contributed by atoms with van der Waals surface area (Å²) in [6, 6.07) is 8.32. The Balaban J connectivity index is 2.31. The van der Waals surface area contributed by atoms with Gasteiger partial charge in [0.15, 0.2) is 0 Å². The highest BCUT2D eigenvalue weighted by atomic mass is 35.5. The van der Waals surface area contributed by atoms with Crippen LogP contribution in [0.2, 0.25) is 5.02 Å². The third-order valence-corrected chi connectivity index (χ3v) is 3.80. The molecule has 2 N–H and O–H groups in total. The second-order valence-electron chi connectivity index (χ2n) is 5.10. The highest BCUT2D eigenvalue weighted by molar-refractivity contribution is 7.92. The average molecular weight is 393 g/mol. The van der Waals surface area contributed by atoms with E-state index in [1.165, 1.54) is 30.3 Å². The molecule has 0 saturated carbocycles. The summed E-state index contributed by atoms with van der Waals surface area (Å²) >= 11 is 5.58.